The van der Waals surface area contributed by atoms with Gasteiger partial charge in [0.2, 0.25) is 0 Å². The molecule has 2 heterocycles. The number of hydrogen-bond acceptors (Lipinski definition) is 6. The Morgan fingerprint density at radius 3 is 2.63 bits per heavy atom. The van der Waals surface area contributed by atoms with Gasteiger partial charge in [0.25, 0.3) is 5.91 Å². The number of phenolic OH excluding ortho intramolecular Hbond substituents is 1. The third-order valence-corrected chi connectivity index (χ3v) is 4.66. The van der Waals surface area contributed by atoms with E-state index in [4.69, 9.17) is 11.6 Å². The maximum absolute atomic E-state index is 12.0. The van der Waals surface area contributed by atoms with Gasteiger partial charge in [0.15, 0.2) is 11.6 Å². The summed E-state index contributed by atoms with van der Waals surface area (Å²) in [6.45, 7) is 0. The SMILES string of the molecule is O=C(Nc1ccc(-c2nc(-c3ccc(O)c(Cl)c3)n[nH]2)cc1)c1cscn1. The van der Waals surface area contributed by atoms with Crippen molar-refractivity contribution in [3.8, 4) is 28.5 Å². The van der Waals surface area contributed by atoms with Gasteiger partial charge in [0, 0.05) is 22.2 Å². The van der Waals surface area contributed by atoms with E-state index in [1.54, 1.807) is 35.2 Å². The maximum Gasteiger partial charge on any atom is 0.275 e. The highest BCUT2D eigenvalue weighted by atomic mass is 35.5. The van der Waals surface area contributed by atoms with Gasteiger partial charge >= 0.3 is 0 Å². The van der Waals surface area contributed by atoms with Crippen LogP contribution in [0.5, 0.6) is 5.75 Å². The summed E-state index contributed by atoms with van der Waals surface area (Å²) in [5.41, 5.74) is 4.15. The number of anilines is 1. The van der Waals surface area contributed by atoms with E-state index >= 15 is 0 Å². The minimum atomic E-state index is -0.254. The molecule has 0 spiro atoms. The number of carbonyl (C=O) groups is 1. The van der Waals surface area contributed by atoms with Crippen LogP contribution in [0.1, 0.15) is 10.5 Å². The number of carbonyl (C=O) groups excluding carboxylic acids is 1. The van der Waals surface area contributed by atoms with E-state index in [1.165, 1.54) is 17.4 Å². The van der Waals surface area contributed by atoms with E-state index in [-0.39, 0.29) is 16.7 Å². The van der Waals surface area contributed by atoms with E-state index in [9.17, 15) is 9.90 Å². The number of aromatic amines is 1. The van der Waals surface area contributed by atoms with Gasteiger partial charge in [-0.25, -0.2) is 9.97 Å². The molecule has 27 heavy (non-hydrogen) atoms. The number of phenols is 1. The van der Waals surface area contributed by atoms with Crippen LogP contribution < -0.4 is 5.32 Å². The number of aromatic nitrogens is 4. The standard InChI is InChI=1S/C18H12ClN5O2S/c19-13-7-11(3-6-15(13)25)17-22-16(23-24-17)10-1-4-12(5-2-10)21-18(26)14-8-27-9-20-14/h1-9,25H,(H,21,26)(H,22,23,24). The van der Waals surface area contributed by atoms with Gasteiger partial charge < -0.3 is 10.4 Å². The Labute approximate surface area is 162 Å². The highest BCUT2D eigenvalue weighted by Gasteiger charge is 2.11. The molecule has 4 rings (SSSR count). The molecule has 0 saturated heterocycles. The van der Waals surface area contributed by atoms with Crippen LogP contribution >= 0.6 is 22.9 Å². The van der Waals surface area contributed by atoms with E-state index in [1.807, 2.05) is 12.1 Å². The lowest BCUT2D eigenvalue weighted by Crippen LogP contribution is -2.11. The largest absolute Gasteiger partial charge is 0.506 e. The normalized spacial score (nSPS) is 10.7. The molecule has 4 aromatic rings. The summed E-state index contributed by atoms with van der Waals surface area (Å²) in [5.74, 6) is 0.793. The Morgan fingerprint density at radius 1 is 1.15 bits per heavy atom. The fourth-order valence-electron chi connectivity index (χ4n) is 2.40. The zero-order chi connectivity index (χ0) is 18.8. The highest BCUT2D eigenvalue weighted by molar-refractivity contribution is 7.07. The van der Waals surface area contributed by atoms with Crippen LogP contribution in [0.4, 0.5) is 5.69 Å². The van der Waals surface area contributed by atoms with Crippen molar-refractivity contribution in [1.82, 2.24) is 20.2 Å². The molecule has 3 N–H and O–H groups in total. The van der Waals surface area contributed by atoms with Crippen molar-refractivity contribution in [3.63, 3.8) is 0 Å². The lowest BCUT2D eigenvalue weighted by atomic mass is 10.2. The van der Waals surface area contributed by atoms with Gasteiger partial charge in [0.05, 0.1) is 10.5 Å². The molecule has 0 aliphatic heterocycles. The zero-order valence-corrected chi connectivity index (χ0v) is 15.3. The van der Waals surface area contributed by atoms with Crippen molar-refractivity contribution in [3.05, 3.63) is 64.1 Å². The van der Waals surface area contributed by atoms with E-state index in [0.717, 1.165) is 5.56 Å². The Morgan fingerprint density at radius 2 is 1.93 bits per heavy atom. The van der Waals surface area contributed by atoms with Crippen molar-refractivity contribution >= 4 is 34.5 Å². The summed E-state index contributed by atoms with van der Waals surface area (Å²) in [6.07, 6.45) is 0. The van der Waals surface area contributed by atoms with Gasteiger partial charge in [-0.15, -0.1) is 11.3 Å². The fraction of sp³-hybridized carbons (Fsp3) is 0. The second-order valence-corrected chi connectivity index (χ2v) is 6.70. The Bertz CT molecular complexity index is 1090. The van der Waals surface area contributed by atoms with Crippen LogP contribution in [0.25, 0.3) is 22.8 Å². The van der Waals surface area contributed by atoms with E-state index in [0.29, 0.717) is 28.6 Å². The number of hydrogen-bond donors (Lipinski definition) is 3. The highest BCUT2D eigenvalue weighted by Crippen LogP contribution is 2.28. The number of rotatable bonds is 4. The number of H-pyrrole nitrogens is 1. The number of nitrogens with one attached hydrogen (secondary N) is 2. The number of nitrogens with zero attached hydrogens (tertiary/aromatic N) is 3. The molecule has 0 saturated carbocycles. The summed E-state index contributed by atoms with van der Waals surface area (Å²) in [6, 6.07) is 12.0. The molecule has 7 nitrogen and oxygen atoms in total. The minimum Gasteiger partial charge on any atom is -0.506 e. The third kappa shape index (κ3) is 3.67. The number of amides is 1. The molecule has 0 radical (unpaired) electrons. The van der Waals surface area contributed by atoms with Crippen molar-refractivity contribution in [2.75, 3.05) is 5.32 Å². The van der Waals surface area contributed by atoms with Crippen LogP contribution in [-0.2, 0) is 0 Å². The quantitative estimate of drug-likeness (QED) is 0.478. The zero-order valence-electron chi connectivity index (χ0n) is 13.7. The predicted molar refractivity (Wildman–Crippen MR) is 104 cm³/mol. The summed E-state index contributed by atoms with van der Waals surface area (Å²) >= 11 is 7.30. The molecular weight excluding hydrogens is 386 g/mol. The van der Waals surface area contributed by atoms with Crippen molar-refractivity contribution in [2.24, 2.45) is 0 Å². The monoisotopic (exact) mass is 397 g/mol. The molecule has 9 heteroatoms. The summed E-state index contributed by atoms with van der Waals surface area (Å²) < 4.78 is 0. The Hall–Kier alpha value is -3.23. The van der Waals surface area contributed by atoms with Crippen LogP contribution in [0.3, 0.4) is 0 Å². The first-order valence-electron chi connectivity index (χ1n) is 7.81. The number of benzene rings is 2. The van der Waals surface area contributed by atoms with Gasteiger partial charge in [-0.2, -0.15) is 5.10 Å². The van der Waals surface area contributed by atoms with Crippen LogP contribution in [-0.4, -0.2) is 31.2 Å². The Balaban J connectivity index is 1.52. The first kappa shape index (κ1) is 17.2. The third-order valence-electron chi connectivity index (χ3n) is 3.77. The molecule has 0 aliphatic rings. The maximum atomic E-state index is 12.0. The molecule has 0 bridgehead atoms. The summed E-state index contributed by atoms with van der Waals surface area (Å²) in [5, 5.41) is 21.3. The molecule has 2 aromatic carbocycles. The summed E-state index contributed by atoms with van der Waals surface area (Å²) in [7, 11) is 0. The summed E-state index contributed by atoms with van der Waals surface area (Å²) in [4.78, 5) is 20.4. The van der Waals surface area contributed by atoms with Gasteiger partial charge in [0.1, 0.15) is 11.4 Å². The molecule has 0 aliphatic carbocycles. The Kier molecular flexibility index (Phi) is 4.57. The second kappa shape index (κ2) is 7.18. The van der Waals surface area contributed by atoms with Gasteiger partial charge in [-0.1, -0.05) is 11.6 Å². The van der Waals surface area contributed by atoms with Gasteiger partial charge in [-0.3, -0.25) is 9.89 Å². The predicted octanol–water partition coefficient (Wildman–Crippen LogP) is 4.21. The molecule has 0 atom stereocenters. The average Bonchev–Trinajstić information content (AvgIpc) is 3.36. The smallest absolute Gasteiger partial charge is 0.275 e. The second-order valence-electron chi connectivity index (χ2n) is 5.58. The first-order chi connectivity index (χ1) is 13.1. The van der Waals surface area contributed by atoms with E-state index < -0.39 is 0 Å². The molecule has 134 valence electrons. The molecule has 0 fully saturated rings. The molecule has 1 amide bonds. The molecule has 0 unspecified atom stereocenters. The first-order valence-corrected chi connectivity index (χ1v) is 9.13. The van der Waals surface area contributed by atoms with E-state index in [2.05, 4.69) is 25.5 Å². The topological polar surface area (TPSA) is 104 Å². The minimum absolute atomic E-state index is 0.00598. The number of aromatic hydroxyl groups is 1. The van der Waals surface area contributed by atoms with Crippen LogP contribution in [0.2, 0.25) is 5.02 Å². The van der Waals surface area contributed by atoms with Crippen LogP contribution in [0, 0.1) is 0 Å². The van der Waals surface area contributed by atoms with Crippen LogP contribution in [0.15, 0.2) is 53.4 Å². The van der Waals surface area contributed by atoms with Crippen molar-refractivity contribution < 1.29 is 9.90 Å². The lowest BCUT2D eigenvalue weighted by molar-refractivity contribution is 0.102. The molecule has 2 aromatic heterocycles. The average molecular weight is 398 g/mol. The van der Waals surface area contributed by atoms with Crippen molar-refractivity contribution in [2.45, 2.75) is 0 Å². The molecular formula is C18H12ClN5O2S. The number of halogens is 1. The number of thiazole rings is 1. The van der Waals surface area contributed by atoms with Crippen molar-refractivity contribution in [1.29, 1.82) is 0 Å². The lowest BCUT2D eigenvalue weighted by Gasteiger charge is -2.04. The fourth-order valence-corrected chi connectivity index (χ4v) is 3.11. The van der Waals surface area contributed by atoms with Gasteiger partial charge in [-0.05, 0) is 42.5 Å².